The van der Waals surface area contributed by atoms with Crippen molar-refractivity contribution in [3.05, 3.63) is 70.9 Å². The van der Waals surface area contributed by atoms with Crippen molar-refractivity contribution in [1.29, 1.82) is 0 Å². The molecule has 1 atom stereocenters. The second-order valence-electron chi connectivity index (χ2n) is 8.11. The van der Waals surface area contributed by atoms with Crippen LogP contribution in [0, 0.1) is 12.8 Å². The number of nitrogens with one attached hydrogen (secondary N) is 2. The minimum Gasteiger partial charge on any atom is -0.350 e. The van der Waals surface area contributed by atoms with Crippen molar-refractivity contribution in [3.63, 3.8) is 0 Å². The van der Waals surface area contributed by atoms with Gasteiger partial charge in [-0.15, -0.1) is 0 Å². The lowest BCUT2D eigenvalue weighted by atomic mass is 10.1. The summed E-state index contributed by atoms with van der Waals surface area (Å²) in [4.78, 5) is 14.3. The molecule has 0 amide bonds. The highest BCUT2D eigenvalue weighted by molar-refractivity contribution is 6.30. The fourth-order valence-electron chi connectivity index (χ4n) is 4.16. The van der Waals surface area contributed by atoms with Crippen LogP contribution < -0.4 is 10.6 Å². The molecule has 0 bridgehead atoms. The summed E-state index contributed by atoms with van der Waals surface area (Å²) in [6.45, 7) is 5.71. The average molecular weight is 433 g/mol. The quantitative estimate of drug-likeness (QED) is 0.463. The first-order chi connectivity index (χ1) is 15.2. The van der Waals surface area contributed by atoms with Gasteiger partial charge in [-0.1, -0.05) is 48.0 Å². The largest absolute Gasteiger partial charge is 0.350 e. The zero-order valence-electron chi connectivity index (χ0n) is 17.5. The molecule has 0 radical (unpaired) electrons. The maximum Gasteiger partial charge on any atom is 0.225 e. The Bertz CT molecular complexity index is 1210. The van der Waals surface area contributed by atoms with Gasteiger partial charge in [0.2, 0.25) is 5.95 Å². The lowest BCUT2D eigenvalue weighted by Crippen LogP contribution is -2.16. The molecule has 7 heteroatoms. The molecule has 158 valence electrons. The van der Waals surface area contributed by atoms with Crippen LogP contribution in [0.1, 0.15) is 17.5 Å². The first kappa shape index (κ1) is 20.0. The van der Waals surface area contributed by atoms with Crippen molar-refractivity contribution in [2.75, 3.05) is 18.4 Å². The van der Waals surface area contributed by atoms with Crippen molar-refractivity contribution in [2.24, 2.45) is 5.92 Å². The van der Waals surface area contributed by atoms with E-state index >= 15 is 0 Å². The summed E-state index contributed by atoms with van der Waals surface area (Å²) >= 11 is 6.10. The second-order valence-corrected chi connectivity index (χ2v) is 8.54. The van der Waals surface area contributed by atoms with E-state index in [1.54, 1.807) is 0 Å². The van der Waals surface area contributed by atoms with Crippen LogP contribution in [-0.2, 0) is 13.1 Å². The molecule has 1 unspecified atom stereocenters. The van der Waals surface area contributed by atoms with Gasteiger partial charge in [0.1, 0.15) is 11.3 Å². The van der Waals surface area contributed by atoms with Crippen molar-refractivity contribution in [1.82, 2.24) is 24.8 Å². The zero-order valence-corrected chi connectivity index (χ0v) is 18.2. The Kier molecular flexibility index (Phi) is 5.57. The van der Waals surface area contributed by atoms with E-state index in [1.807, 2.05) is 30.5 Å². The maximum atomic E-state index is 6.10. The Hall–Kier alpha value is -2.96. The Morgan fingerprint density at radius 1 is 1.16 bits per heavy atom. The molecular formula is C24H25ClN6. The van der Waals surface area contributed by atoms with Crippen LogP contribution in [-0.4, -0.2) is 32.6 Å². The molecule has 31 heavy (non-hydrogen) atoms. The van der Waals surface area contributed by atoms with E-state index in [1.165, 1.54) is 5.56 Å². The molecule has 0 spiro atoms. The minimum atomic E-state index is 0.568. The van der Waals surface area contributed by atoms with E-state index in [-0.39, 0.29) is 0 Å². The van der Waals surface area contributed by atoms with Crippen molar-refractivity contribution < 1.29 is 0 Å². The fraction of sp³-hybridized carbons (Fsp3) is 0.292. The number of benzene rings is 2. The SMILES string of the molecule is Cc1ccccc1-c1nc2cnc(NCc3cccc(Cl)c3)nc2n1CC1CCNC1. The van der Waals surface area contributed by atoms with E-state index in [2.05, 4.69) is 51.4 Å². The maximum absolute atomic E-state index is 6.10. The van der Waals surface area contributed by atoms with E-state index in [9.17, 15) is 0 Å². The van der Waals surface area contributed by atoms with Crippen molar-refractivity contribution in [2.45, 2.75) is 26.4 Å². The van der Waals surface area contributed by atoms with E-state index < -0.39 is 0 Å². The predicted molar refractivity (Wildman–Crippen MR) is 125 cm³/mol. The summed E-state index contributed by atoms with van der Waals surface area (Å²) in [6, 6.07) is 16.2. The molecule has 0 aliphatic carbocycles. The van der Waals surface area contributed by atoms with Gasteiger partial charge in [-0.3, -0.25) is 0 Å². The molecule has 2 aromatic heterocycles. The fourth-order valence-corrected chi connectivity index (χ4v) is 4.38. The third kappa shape index (κ3) is 4.27. The molecule has 2 N–H and O–H groups in total. The lowest BCUT2D eigenvalue weighted by Gasteiger charge is -2.14. The van der Waals surface area contributed by atoms with Crippen LogP contribution in [0.2, 0.25) is 5.02 Å². The van der Waals surface area contributed by atoms with Gasteiger partial charge in [0, 0.05) is 23.7 Å². The highest BCUT2D eigenvalue weighted by Gasteiger charge is 2.21. The molecule has 2 aromatic carbocycles. The highest BCUT2D eigenvalue weighted by Crippen LogP contribution is 2.28. The number of hydrogen-bond donors (Lipinski definition) is 2. The second kappa shape index (κ2) is 8.65. The van der Waals surface area contributed by atoms with E-state index in [0.717, 1.165) is 59.2 Å². The number of hydrogen-bond acceptors (Lipinski definition) is 5. The summed E-state index contributed by atoms with van der Waals surface area (Å²) in [5.74, 6) is 2.12. The molecule has 1 aliphatic rings. The Labute approximate surface area is 186 Å². The van der Waals surface area contributed by atoms with Crippen LogP contribution in [0.4, 0.5) is 5.95 Å². The highest BCUT2D eigenvalue weighted by atomic mass is 35.5. The summed E-state index contributed by atoms with van der Waals surface area (Å²) in [7, 11) is 0. The number of aryl methyl sites for hydroxylation is 1. The molecule has 1 saturated heterocycles. The Morgan fingerprint density at radius 2 is 2.06 bits per heavy atom. The first-order valence-electron chi connectivity index (χ1n) is 10.7. The van der Waals surface area contributed by atoms with Crippen LogP contribution >= 0.6 is 11.6 Å². The third-order valence-electron chi connectivity index (χ3n) is 5.82. The summed E-state index contributed by atoms with van der Waals surface area (Å²) in [5, 5.41) is 7.52. The number of fused-ring (bicyclic) bond motifs is 1. The predicted octanol–water partition coefficient (Wildman–Crippen LogP) is 4.68. The minimum absolute atomic E-state index is 0.568. The monoisotopic (exact) mass is 432 g/mol. The van der Waals surface area contributed by atoms with Crippen LogP contribution in [0.3, 0.4) is 0 Å². The number of nitrogens with zero attached hydrogens (tertiary/aromatic N) is 4. The van der Waals surface area contributed by atoms with Gasteiger partial charge in [0.25, 0.3) is 0 Å². The van der Waals surface area contributed by atoms with Gasteiger partial charge in [-0.05, 0) is 55.6 Å². The van der Waals surface area contributed by atoms with Gasteiger partial charge in [-0.2, -0.15) is 4.98 Å². The smallest absolute Gasteiger partial charge is 0.225 e. The average Bonchev–Trinajstić information content (AvgIpc) is 3.41. The van der Waals surface area contributed by atoms with Crippen LogP contribution in [0.15, 0.2) is 54.7 Å². The van der Waals surface area contributed by atoms with Crippen molar-refractivity contribution >= 4 is 28.7 Å². The van der Waals surface area contributed by atoms with Gasteiger partial charge < -0.3 is 15.2 Å². The molecular weight excluding hydrogens is 408 g/mol. The number of imidazole rings is 1. The normalized spacial score (nSPS) is 16.1. The molecule has 4 aromatic rings. The third-order valence-corrected chi connectivity index (χ3v) is 6.05. The van der Waals surface area contributed by atoms with Gasteiger partial charge >= 0.3 is 0 Å². The summed E-state index contributed by atoms with van der Waals surface area (Å²) in [5.41, 5.74) is 5.12. The molecule has 1 fully saturated rings. The van der Waals surface area contributed by atoms with Crippen LogP contribution in [0.5, 0.6) is 0 Å². The number of halogens is 1. The lowest BCUT2D eigenvalue weighted by molar-refractivity contribution is 0.490. The topological polar surface area (TPSA) is 67.7 Å². The van der Waals surface area contributed by atoms with Gasteiger partial charge in [0.05, 0.1) is 6.20 Å². The molecule has 3 heterocycles. The van der Waals surface area contributed by atoms with E-state index in [0.29, 0.717) is 18.4 Å². The Balaban J connectivity index is 1.52. The number of anilines is 1. The molecule has 0 saturated carbocycles. The van der Waals surface area contributed by atoms with Gasteiger partial charge in [0.15, 0.2) is 5.65 Å². The Morgan fingerprint density at radius 3 is 2.87 bits per heavy atom. The number of rotatable bonds is 6. The van der Waals surface area contributed by atoms with Crippen molar-refractivity contribution in [3.8, 4) is 11.4 Å². The molecule has 1 aliphatic heterocycles. The standard InChI is InChI=1S/C24H25ClN6/c1-16-5-2-3-8-20(16)22-29-21-14-28-24(27-13-17-6-4-7-19(25)11-17)30-23(21)31(22)15-18-9-10-26-12-18/h2-8,11,14,18,26H,9-10,12-13,15H2,1H3,(H,27,28,30). The zero-order chi connectivity index (χ0) is 21.2. The van der Waals surface area contributed by atoms with Gasteiger partial charge in [-0.25, -0.2) is 9.97 Å². The van der Waals surface area contributed by atoms with Crippen LogP contribution in [0.25, 0.3) is 22.6 Å². The molecule has 5 rings (SSSR count). The number of aromatic nitrogens is 4. The van der Waals surface area contributed by atoms with E-state index in [4.69, 9.17) is 21.6 Å². The molecule has 6 nitrogen and oxygen atoms in total. The summed E-state index contributed by atoms with van der Waals surface area (Å²) in [6.07, 6.45) is 2.98. The summed E-state index contributed by atoms with van der Waals surface area (Å²) < 4.78 is 2.27. The first-order valence-corrected chi connectivity index (χ1v) is 11.0.